The SMILES string of the molecule is CCOc1ccc2sc(N3C(C)=C(C(C)=O)C(c4ccccc4)C(C(C)=O)=C3C)nc2c1. The summed E-state index contributed by atoms with van der Waals surface area (Å²) in [5.41, 5.74) is 4.63. The van der Waals surface area contributed by atoms with Crippen molar-refractivity contribution in [1.82, 2.24) is 4.98 Å². The van der Waals surface area contributed by atoms with Crippen LogP contribution in [0, 0.1) is 0 Å². The van der Waals surface area contributed by atoms with E-state index in [9.17, 15) is 9.59 Å². The highest BCUT2D eigenvalue weighted by molar-refractivity contribution is 7.22. The smallest absolute Gasteiger partial charge is 0.195 e. The summed E-state index contributed by atoms with van der Waals surface area (Å²) in [6.07, 6.45) is 0. The van der Waals surface area contributed by atoms with E-state index in [4.69, 9.17) is 9.72 Å². The maximum Gasteiger partial charge on any atom is 0.195 e. The molecule has 0 N–H and O–H groups in total. The molecule has 2 aromatic carbocycles. The molecular formula is C26H26N2O3S. The van der Waals surface area contributed by atoms with Gasteiger partial charge in [0.25, 0.3) is 0 Å². The number of ether oxygens (including phenoxy) is 1. The van der Waals surface area contributed by atoms with Gasteiger partial charge in [-0.15, -0.1) is 0 Å². The highest BCUT2D eigenvalue weighted by Crippen LogP contribution is 2.45. The number of nitrogens with zero attached hydrogens (tertiary/aromatic N) is 2. The van der Waals surface area contributed by atoms with Gasteiger partial charge in [0.05, 0.1) is 16.8 Å². The van der Waals surface area contributed by atoms with Crippen LogP contribution in [0.3, 0.4) is 0 Å². The third-order valence-electron chi connectivity index (χ3n) is 5.77. The number of hydrogen-bond donors (Lipinski definition) is 0. The topological polar surface area (TPSA) is 59.5 Å². The molecule has 3 aromatic rings. The molecular weight excluding hydrogens is 420 g/mol. The van der Waals surface area contributed by atoms with Crippen LogP contribution in [0.4, 0.5) is 5.13 Å². The summed E-state index contributed by atoms with van der Waals surface area (Å²) >= 11 is 1.53. The Balaban J connectivity index is 1.92. The first-order valence-corrected chi connectivity index (χ1v) is 11.5. The third kappa shape index (κ3) is 3.75. The van der Waals surface area contributed by atoms with Crippen LogP contribution >= 0.6 is 11.3 Å². The number of fused-ring (bicyclic) bond motifs is 1. The number of carbonyl (C=O) groups is 2. The van der Waals surface area contributed by atoms with Crippen LogP contribution in [0.15, 0.2) is 71.1 Å². The number of hydrogen-bond acceptors (Lipinski definition) is 6. The van der Waals surface area contributed by atoms with Crippen molar-refractivity contribution in [3.8, 4) is 5.75 Å². The lowest BCUT2D eigenvalue weighted by Crippen LogP contribution is -2.33. The van der Waals surface area contributed by atoms with Gasteiger partial charge in [-0.2, -0.15) is 0 Å². The molecule has 5 nitrogen and oxygen atoms in total. The summed E-state index contributed by atoms with van der Waals surface area (Å²) in [4.78, 5) is 32.6. The van der Waals surface area contributed by atoms with E-state index in [2.05, 4.69) is 0 Å². The molecule has 1 aromatic heterocycles. The molecule has 1 aliphatic rings. The Bertz CT molecular complexity index is 1230. The molecule has 0 spiro atoms. The molecule has 2 heterocycles. The fraction of sp³-hybridized carbons (Fsp3) is 0.269. The Morgan fingerprint density at radius 2 is 1.62 bits per heavy atom. The maximum absolute atomic E-state index is 12.9. The molecule has 164 valence electrons. The van der Waals surface area contributed by atoms with Crippen LogP contribution in [-0.2, 0) is 9.59 Å². The van der Waals surface area contributed by atoms with E-state index < -0.39 is 0 Å². The molecule has 1 aliphatic heterocycles. The summed E-state index contributed by atoms with van der Waals surface area (Å²) in [6, 6.07) is 15.6. The van der Waals surface area contributed by atoms with Crippen molar-refractivity contribution in [3.05, 3.63) is 76.6 Å². The van der Waals surface area contributed by atoms with Gasteiger partial charge in [-0.1, -0.05) is 41.7 Å². The number of anilines is 1. The first-order valence-electron chi connectivity index (χ1n) is 10.6. The largest absolute Gasteiger partial charge is 0.494 e. The zero-order valence-electron chi connectivity index (χ0n) is 18.9. The summed E-state index contributed by atoms with van der Waals surface area (Å²) in [6.45, 7) is 9.54. The van der Waals surface area contributed by atoms with E-state index in [0.717, 1.165) is 38.1 Å². The summed E-state index contributed by atoms with van der Waals surface area (Å²) in [7, 11) is 0. The van der Waals surface area contributed by atoms with Crippen LogP contribution in [0.1, 0.15) is 46.1 Å². The van der Waals surface area contributed by atoms with E-state index in [1.165, 1.54) is 11.3 Å². The molecule has 0 radical (unpaired) electrons. The second kappa shape index (κ2) is 8.71. The minimum Gasteiger partial charge on any atom is -0.494 e. The number of allylic oxidation sites excluding steroid dienone is 4. The van der Waals surface area contributed by atoms with Gasteiger partial charge in [-0.25, -0.2) is 4.98 Å². The lowest BCUT2D eigenvalue weighted by molar-refractivity contribution is -0.114. The van der Waals surface area contributed by atoms with Crippen LogP contribution < -0.4 is 9.64 Å². The fourth-order valence-electron chi connectivity index (χ4n) is 4.48. The van der Waals surface area contributed by atoms with Gasteiger partial charge in [0.15, 0.2) is 16.7 Å². The van der Waals surface area contributed by atoms with Crippen molar-refractivity contribution < 1.29 is 14.3 Å². The lowest BCUT2D eigenvalue weighted by Gasteiger charge is -2.36. The van der Waals surface area contributed by atoms with Gasteiger partial charge in [0.2, 0.25) is 0 Å². The van der Waals surface area contributed by atoms with Crippen molar-refractivity contribution in [2.24, 2.45) is 0 Å². The molecule has 6 heteroatoms. The molecule has 32 heavy (non-hydrogen) atoms. The first kappa shape index (κ1) is 22.0. The Labute approximate surface area is 192 Å². The number of benzene rings is 2. The van der Waals surface area contributed by atoms with Gasteiger partial charge in [-0.3, -0.25) is 14.5 Å². The van der Waals surface area contributed by atoms with E-state index in [1.807, 2.05) is 74.2 Å². The van der Waals surface area contributed by atoms with Crippen molar-refractivity contribution >= 4 is 38.3 Å². The number of rotatable bonds is 6. The van der Waals surface area contributed by atoms with Gasteiger partial charge >= 0.3 is 0 Å². The Morgan fingerprint density at radius 3 is 2.19 bits per heavy atom. The standard InChI is InChI=1S/C26H26N2O3S/c1-6-31-20-12-13-22-21(14-20)27-26(32-22)28-15(2)23(17(4)29)25(19-10-8-7-9-11-19)24(16(28)3)18(5)30/h7-14,25H,6H2,1-5H3. The predicted molar refractivity (Wildman–Crippen MR) is 129 cm³/mol. The van der Waals surface area contributed by atoms with E-state index in [0.29, 0.717) is 17.8 Å². The third-order valence-corrected chi connectivity index (χ3v) is 6.79. The molecule has 0 unspecified atom stereocenters. The van der Waals surface area contributed by atoms with Crippen LogP contribution in [-0.4, -0.2) is 23.2 Å². The highest BCUT2D eigenvalue weighted by Gasteiger charge is 2.37. The van der Waals surface area contributed by atoms with E-state index in [1.54, 1.807) is 13.8 Å². The number of aromatic nitrogens is 1. The van der Waals surface area contributed by atoms with E-state index in [-0.39, 0.29) is 17.5 Å². The number of Topliss-reactive ketones (excluding diaryl/α,β-unsaturated/α-hetero) is 2. The van der Waals surface area contributed by atoms with Crippen LogP contribution in [0.5, 0.6) is 5.75 Å². The monoisotopic (exact) mass is 446 g/mol. The number of carbonyl (C=O) groups excluding carboxylic acids is 2. The molecule has 0 bridgehead atoms. The summed E-state index contributed by atoms with van der Waals surface area (Å²) < 4.78 is 6.63. The molecule has 4 rings (SSSR count). The summed E-state index contributed by atoms with van der Waals surface area (Å²) in [5, 5.41) is 0.729. The molecule has 0 saturated heterocycles. The first-order chi connectivity index (χ1) is 15.3. The van der Waals surface area contributed by atoms with Gasteiger partial charge in [0, 0.05) is 34.5 Å². The molecule has 0 amide bonds. The zero-order chi connectivity index (χ0) is 23.0. The Kier molecular flexibility index (Phi) is 5.98. The second-order valence-electron chi connectivity index (χ2n) is 7.85. The van der Waals surface area contributed by atoms with Crippen molar-refractivity contribution in [2.45, 2.75) is 40.5 Å². The van der Waals surface area contributed by atoms with Crippen molar-refractivity contribution in [2.75, 3.05) is 11.5 Å². The molecule has 0 saturated carbocycles. The maximum atomic E-state index is 12.9. The average Bonchev–Trinajstić information content (AvgIpc) is 3.16. The van der Waals surface area contributed by atoms with Crippen molar-refractivity contribution in [3.63, 3.8) is 0 Å². The number of ketones is 2. The minimum atomic E-state index is -0.388. The van der Waals surface area contributed by atoms with Gasteiger partial charge < -0.3 is 4.74 Å². The highest BCUT2D eigenvalue weighted by atomic mass is 32.1. The predicted octanol–water partition coefficient (Wildman–Crippen LogP) is 6.02. The zero-order valence-corrected chi connectivity index (χ0v) is 19.7. The molecule has 0 aliphatic carbocycles. The minimum absolute atomic E-state index is 0.0488. The van der Waals surface area contributed by atoms with Gasteiger partial charge in [0.1, 0.15) is 5.75 Å². The quantitative estimate of drug-likeness (QED) is 0.463. The lowest BCUT2D eigenvalue weighted by atomic mass is 9.77. The second-order valence-corrected chi connectivity index (χ2v) is 8.86. The molecule has 0 fully saturated rings. The Hall–Kier alpha value is -3.25. The molecule has 0 atom stereocenters. The average molecular weight is 447 g/mol. The van der Waals surface area contributed by atoms with E-state index >= 15 is 0 Å². The Morgan fingerprint density at radius 1 is 1.00 bits per heavy atom. The number of thiazole rings is 1. The normalized spacial score (nSPS) is 15.0. The van der Waals surface area contributed by atoms with Crippen LogP contribution in [0.25, 0.3) is 10.2 Å². The van der Waals surface area contributed by atoms with Crippen molar-refractivity contribution in [1.29, 1.82) is 0 Å². The summed E-state index contributed by atoms with van der Waals surface area (Å²) in [5.74, 6) is 0.286. The fourth-order valence-corrected chi connectivity index (χ4v) is 5.53. The van der Waals surface area contributed by atoms with Crippen LogP contribution in [0.2, 0.25) is 0 Å². The van der Waals surface area contributed by atoms with Gasteiger partial charge in [-0.05, 0) is 52.3 Å².